The quantitative estimate of drug-likeness (QED) is 0.249. The lowest BCUT2D eigenvalue weighted by atomic mass is 10.2. The van der Waals surface area contributed by atoms with Crippen molar-refractivity contribution in [2.45, 2.75) is 45.4 Å². The molecule has 3 amide bonds. The van der Waals surface area contributed by atoms with Gasteiger partial charge in [-0.25, -0.2) is 9.59 Å². The van der Waals surface area contributed by atoms with Crippen LogP contribution in [-0.4, -0.2) is 58.9 Å². The van der Waals surface area contributed by atoms with Crippen molar-refractivity contribution in [1.29, 1.82) is 0 Å². The third-order valence-electron chi connectivity index (χ3n) is 4.08. The number of nitrogens with one attached hydrogen (secondary N) is 1. The van der Waals surface area contributed by atoms with Crippen LogP contribution in [0, 0.1) is 5.92 Å². The number of ether oxygens (including phenoxy) is 3. The first-order valence-electron chi connectivity index (χ1n) is 9.56. The molecule has 1 fully saturated rings. The van der Waals surface area contributed by atoms with Gasteiger partial charge in [-0.15, -0.1) is 0 Å². The molecular formula is C20H24N2O9. The van der Waals surface area contributed by atoms with Crippen LogP contribution in [0.2, 0.25) is 0 Å². The normalized spacial score (nSPS) is 16.8. The van der Waals surface area contributed by atoms with Gasteiger partial charge < -0.3 is 19.5 Å². The minimum atomic E-state index is -1.55. The van der Waals surface area contributed by atoms with E-state index in [0.717, 1.165) is 0 Å². The molecule has 0 bridgehead atoms. The highest BCUT2D eigenvalue weighted by Gasteiger charge is 2.42. The maximum absolute atomic E-state index is 12.5. The third-order valence-corrected chi connectivity index (χ3v) is 4.08. The first-order valence-corrected chi connectivity index (χ1v) is 9.56. The lowest BCUT2D eigenvalue weighted by Gasteiger charge is -2.19. The highest BCUT2D eigenvalue weighted by atomic mass is 16.6. The van der Waals surface area contributed by atoms with Gasteiger partial charge in [-0.1, -0.05) is 44.2 Å². The number of hydrogen-bond donors (Lipinski definition) is 2. The zero-order valence-electron chi connectivity index (χ0n) is 17.1. The summed E-state index contributed by atoms with van der Waals surface area (Å²) in [5, 5.41) is 11.3. The third kappa shape index (κ3) is 7.37. The number of benzene rings is 1. The molecule has 1 aromatic rings. The second-order valence-corrected chi connectivity index (χ2v) is 7.21. The lowest BCUT2D eigenvalue weighted by Crippen LogP contribution is -2.45. The summed E-state index contributed by atoms with van der Waals surface area (Å²) in [5.74, 6) is -3.94. The van der Waals surface area contributed by atoms with Gasteiger partial charge in [0.15, 0.2) is 6.10 Å². The van der Waals surface area contributed by atoms with Gasteiger partial charge in [-0.3, -0.25) is 19.6 Å². The maximum Gasteiger partial charge on any atom is 0.408 e. The van der Waals surface area contributed by atoms with Crippen LogP contribution in [0.25, 0.3) is 0 Å². The minimum Gasteiger partial charge on any atom is -0.465 e. The van der Waals surface area contributed by atoms with Crippen LogP contribution < -0.4 is 5.32 Å². The molecule has 31 heavy (non-hydrogen) atoms. The number of rotatable bonds is 9. The summed E-state index contributed by atoms with van der Waals surface area (Å²) < 4.78 is 15.0. The van der Waals surface area contributed by atoms with E-state index < -0.39 is 54.8 Å². The Morgan fingerprint density at radius 1 is 1.16 bits per heavy atom. The van der Waals surface area contributed by atoms with Crippen LogP contribution in [0.3, 0.4) is 0 Å². The summed E-state index contributed by atoms with van der Waals surface area (Å²) in [6.45, 7) is 3.67. The monoisotopic (exact) mass is 436 g/mol. The summed E-state index contributed by atoms with van der Waals surface area (Å²) in [6, 6.07) is 7.23. The second kappa shape index (κ2) is 11.1. The van der Waals surface area contributed by atoms with Crippen molar-refractivity contribution in [1.82, 2.24) is 10.4 Å². The number of carbonyl (C=O) groups excluding carboxylic acids is 5. The Morgan fingerprint density at radius 3 is 2.42 bits per heavy atom. The molecule has 11 heteroatoms. The van der Waals surface area contributed by atoms with Crippen molar-refractivity contribution in [3.05, 3.63) is 35.9 Å². The molecule has 1 unspecified atom stereocenters. The SMILES string of the molecule is CC(C)COC(=O)C[C@H](NC(=O)OCc1ccccc1)C(=O)OC1CC(=O)N(O)C1=O. The predicted octanol–water partition coefficient (Wildman–Crippen LogP) is 0.931. The largest absolute Gasteiger partial charge is 0.465 e. The van der Waals surface area contributed by atoms with Crippen LogP contribution in [0.4, 0.5) is 4.79 Å². The van der Waals surface area contributed by atoms with Gasteiger partial charge in [-0.2, -0.15) is 5.06 Å². The number of imide groups is 1. The Morgan fingerprint density at radius 2 is 1.84 bits per heavy atom. The fourth-order valence-electron chi connectivity index (χ4n) is 2.49. The number of alkyl carbamates (subject to hydrolysis) is 1. The molecule has 168 valence electrons. The molecule has 1 heterocycles. The number of nitrogens with zero attached hydrogens (tertiary/aromatic N) is 1. The smallest absolute Gasteiger partial charge is 0.408 e. The van der Waals surface area contributed by atoms with Crippen LogP contribution in [0.5, 0.6) is 0 Å². The predicted molar refractivity (Wildman–Crippen MR) is 102 cm³/mol. The molecule has 2 rings (SSSR count). The molecule has 0 spiro atoms. The first-order chi connectivity index (χ1) is 14.7. The van der Waals surface area contributed by atoms with Crippen molar-refractivity contribution in [3.8, 4) is 0 Å². The van der Waals surface area contributed by atoms with Gasteiger partial charge in [0.25, 0.3) is 11.8 Å². The number of hydrogen-bond acceptors (Lipinski definition) is 9. The average molecular weight is 436 g/mol. The van der Waals surface area contributed by atoms with Crippen molar-refractivity contribution in [3.63, 3.8) is 0 Å². The summed E-state index contributed by atoms with van der Waals surface area (Å²) in [6.07, 6.45) is -3.69. The minimum absolute atomic E-state index is 0.0517. The van der Waals surface area contributed by atoms with Crippen LogP contribution in [0.15, 0.2) is 30.3 Å². The molecule has 11 nitrogen and oxygen atoms in total. The number of carbonyl (C=O) groups is 5. The molecule has 0 radical (unpaired) electrons. The average Bonchev–Trinajstić information content (AvgIpc) is 2.97. The van der Waals surface area contributed by atoms with Crippen molar-refractivity contribution in [2.75, 3.05) is 6.61 Å². The molecule has 1 aliphatic heterocycles. The lowest BCUT2D eigenvalue weighted by molar-refractivity contribution is -0.177. The van der Waals surface area contributed by atoms with E-state index >= 15 is 0 Å². The van der Waals surface area contributed by atoms with Gasteiger partial charge in [0.05, 0.1) is 19.4 Å². The van der Waals surface area contributed by atoms with Crippen molar-refractivity contribution >= 4 is 29.8 Å². The van der Waals surface area contributed by atoms with E-state index in [1.807, 2.05) is 13.8 Å². The second-order valence-electron chi connectivity index (χ2n) is 7.21. The molecule has 0 saturated carbocycles. The summed E-state index contributed by atoms with van der Waals surface area (Å²) >= 11 is 0. The summed E-state index contributed by atoms with van der Waals surface area (Å²) in [7, 11) is 0. The Balaban J connectivity index is 2.00. The molecule has 0 aliphatic carbocycles. The van der Waals surface area contributed by atoms with Crippen molar-refractivity contribution < 1.29 is 43.4 Å². The van der Waals surface area contributed by atoms with E-state index in [1.165, 1.54) is 0 Å². The molecule has 1 aromatic carbocycles. The fourth-order valence-corrected chi connectivity index (χ4v) is 2.49. The molecular weight excluding hydrogens is 412 g/mol. The maximum atomic E-state index is 12.5. The summed E-state index contributed by atoms with van der Waals surface area (Å²) in [5.41, 5.74) is 0.700. The van der Waals surface area contributed by atoms with E-state index in [-0.39, 0.29) is 24.2 Å². The highest BCUT2D eigenvalue weighted by Crippen LogP contribution is 2.15. The molecule has 2 N–H and O–H groups in total. The standard InChI is InChI=1S/C20H24N2O9/c1-12(2)10-29-17(24)8-14(19(26)31-15-9-16(23)22(28)18(15)25)21-20(27)30-11-13-6-4-3-5-7-13/h3-7,12,14-15,28H,8-11H2,1-2H3,(H,21,27)/t14-,15?/m0/s1. The van der Waals surface area contributed by atoms with Gasteiger partial charge >= 0.3 is 18.0 Å². The molecule has 0 aromatic heterocycles. The molecule has 1 saturated heterocycles. The van der Waals surface area contributed by atoms with Crippen LogP contribution in [-0.2, 0) is 40.0 Å². The Kier molecular flexibility index (Phi) is 8.50. The fraction of sp³-hybridized carbons (Fsp3) is 0.450. The number of hydroxylamine groups is 2. The van der Waals surface area contributed by atoms with Crippen LogP contribution in [0.1, 0.15) is 32.3 Å². The van der Waals surface area contributed by atoms with Gasteiger partial charge in [0.1, 0.15) is 12.6 Å². The zero-order valence-corrected chi connectivity index (χ0v) is 17.1. The van der Waals surface area contributed by atoms with Gasteiger partial charge in [0.2, 0.25) is 0 Å². The number of esters is 2. The van der Waals surface area contributed by atoms with Gasteiger partial charge in [-0.05, 0) is 11.5 Å². The van der Waals surface area contributed by atoms with Crippen molar-refractivity contribution in [2.24, 2.45) is 5.92 Å². The van der Waals surface area contributed by atoms with E-state index in [9.17, 15) is 29.2 Å². The topological polar surface area (TPSA) is 149 Å². The van der Waals surface area contributed by atoms with E-state index in [4.69, 9.17) is 14.2 Å². The zero-order chi connectivity index (χ0) is 23.0. The molecule has 2 atom stereocenters. The first kappa shape index (κ1) is 23.8. The van der Waals surface area contributed by atoms with E-state index in [1.54, 1.807) is 30.3 Å². The summed E-state index contributed by atoms with van der Waals surface area (Å²) in [4.78, 5) is 59.7. The highest BCUT2D eigenvalue weighted by molar-refractivity contribution is 6.04. The van der Waals surface area contributed by atoms with E-state index in [2.05, 4.69) is 5.32 Å². The van der Waals surface area contributed by atoms with E-state index in [0.29, 0.717) is 5.56 Å². The Bertz CT molecular complexity index is 825. The molecule has 1 aliphatic rings. The number of amides is 3. The van der Waals surface area contributed by atoms with Crippen LogP contribution >= 0.6 is 0 Å². The van der Waals surface area contributed by atoms with Gasteiger partial charge in [0, 0.05) is 0 Å². The Labute approximate surface area is 178 Å². The Hall–Kier alpha value is -3.47.